The Balaban J connectivity index is 1.86. The van der Waals surface area contributed by atoms with E-state index in [1.807, 2.05) is 30.3 Å². The van der Waals surface area contributed by atoms with E-state index < -0.39 is 12.0 Å². The Bertz CT molecular complexity index is 837. The lowest BCUT2D eigenvalue weighted by Crippen LogP contribution is -2.13. The molecule has 0 aliphatic rings. The van der Waals surface area contributed by atoms with Crippen LogP contribution in [0.2, 0.25) is 0 Å². The van der Waals surface area contributed by atoms with Gasteiger partial charge in [-0.1, -0.05) is 36.4 Å². The number of rotatable bonds is 3. The summed E-state index contributed by atoms with van der Waals surface area (Å²) < 4.78 is 6.65. The number of nitrogens with zero attached hydrogens (tertiary/aromatic N) is 1. The molecule has 0 saturated carbocycles. The molecule has 0 bridgehead atoms. The molecular formula is C17H14N2O3. The van der Waals surface area contributed by atoms with Crippen molar-refractivity contribution in [3.63, 3.8) is 0 Å². The van der Waals surface area contributed by atoms with Crippen LogP contribution in [0.5, 0.6) is 0 Å². The standard InChI is InChI=1S/C17H14N2O3/c18-16(20)14-7-4-8-15-13(14)9-10-19(15)17(21)22-11-12-5-2-1-3-6-12/h1-10H,11H2,(H2,18,20). The zero-order chi connectivity index (χ0) is 15.5. The van der Waals surface area contributed by atoms with Gasteiger partial charge in [-0.05, 0) is 23.8 Å². The van der Waals surface area contributed by atoms with Crippen LogP contribution in [0.25, 0.3) is 10.9 Å². The third-order valence-corrected chi connectivity index (χ3v) is 3.40. The molecule has 0 saturated heterocycles. The predicted octanol–water partition coefficient (Wildman–Crippen LogP) is 2.93. The van der Waals surface area contributed by atoms with Gasteiger partial charge in [-0.2, -0.15) is 0 Å². The molecule has 5 nitrogen and oxygen atoms in total. The van der Waals surface area contributed by atoms with E-state index in [0.29, 0.717) is 16.5 Å². The molecule has 2 N–H and O–H groups in total. The van der Waals surface area contributed by atoms with Crippen molar-refractivity contribution < 1.29 is 14.3 Å². The molecule has 5 heteroatoms. The first kappa shape index (κ1) is 13.9. The maximum Gasteiger partial charge on any atom is 0.418 e. The molecule has 1 aromatic heterocycles. The maximum atomic E-state index is 12.2. The molecule has 0 fully saturated rings. The minimum Gasteiger partial charge on any atom is -0.444 e. The second kappa shape index (κ2) is 5.73. The van der Waals surface area contributed by atoms with Crippen LogP contribution in [-0.4, -0.2) is 16.6 Å². The summed E-state index contributed by atoms with van der Waals surface area (Å²) in [6.45, 7) is 0.189. The number of hydrogen-bond acceptors (Lipinski definition) is 3. The molecule has 0 spiro atoms. The summed E-state index contributed by atoms with van der Waals surface area (Å²) in [4.78, 5) is 23.6. The second-order valence-electron chi connectivity index (χ2n) is 4.83. The van der Waals surface area contributed by atoms with Gasteiger partial charge in [0.1, 0.15) is 6.61 Å². The fourth-order valence-corrected chi connectivity index (χ4v) is 2.33. The van der Waals surface area contributed by atoms with Crippen LogP contribution in [0, 0.1) is 0 Å². The van der Waals surface area contributed by atoms with E-state index in [0.717, 1.165) is 5.56 Å². The lowest BCUT2D eigenvalue weighted by atomic mass is 10.1. The van der Waals surface area contributed by atoms with Crippen LogP contribution in [0.1, 0.15) is 15.9 Å². The number of fused-ring (bicyclic) bond motifs is 1. The topological polar surface area (TPSA) is 74.3 Å². The number of carbonyl (C=O) groups is 2. The molecule has 0 radical (unpaired) electrons. The highest BCUT2D eigenvalue weighted by atomic mass is 16.5. The van der Waals surface area contributed by atoms with Crippen molar-refractivity contribution in [2.75, 3.05) is 0 Å². The molecule has 0 unspecified atom stereocenters. The largest absolute Gasteiger partial charge is 0.444 e. The van der Waals surface area contributed by atoms with E-state index in [9.17, 15) is 9.59 Å². The average molecular weight is 294 g/mol. The number of aromatic nitrogens is 1. The van der Waals surface area contributed by atoms with Crippen molar-refractivity contribution in [3.05, 3.63) is 71.9 Å². The Labute approximate surface area is 126 Å². The lowest BCUT2D eigenvalue weighted by Gasteiger charge is -2.07. The van der Waals surface area contributed by atoms with Crippen molar-refractivity contribution in [3.8, 4) is 0 Å². The van der Waals surface area contributed by atoms with Gasteiger partial charge in [0.2, 0.25) is 5.91 Å². The quantitative estimate of drug-likeness (QED) is 0.807. The van der Waals surface area contributed by atoms with E-state index in [1.165, 1.54) is 4.57 Å². The minimum absolute atomic E-state index is 0.189. The van der Waals surface area contributed by atoms with Crippen LogP contribution in [0.3, 0.4) is 0 Å². The summed E-state index contributed by atoms with van der Waals surface area (Å²) in [6.07, 6.45) is 1.07. The fraction of sp³-hybridized carbons (Fsp3) is 0.0588. The van der Waals surface area contributed by atoms with E-state index in [4.69, 9.17) is 10.5 Å². The molecule has 110 valence electrons. The van der Waals surface area contributed by atoms with E-state index in [-0.39, 0.29) is 6.61 Å². The first-order valence-corrected chi connectivity index (χ1v) is 6.78. The molecule has 22 heavy (non-hydrogen) atoms. The number of nitrogens with two attached hydrogens (primary N) is 1. The average Bonchev–Trinajstić information content (AvgIpc) is 2.97. The van der Waals surface area contributed by atoms with Gasteiger partial charge in [-0.3, -0.25) is 9.36 Å². The van der Waals surface area contributed by atoms with Gasteiger partial charge in [-0.25, -0.2) is 4.79 Å². The van der Waals surface area contributed by atoms with Crippen LogP contribution in [-0.2, 0) is 11.3 Å². The van der Waals surface area contributed by atoms with Crippen molar-refractivity contribution in [2.24, 2.45) is 5.73 Å². The second-order valence-corrected chi connectivity index (χ2v) is 4.83. The Morgan fingerprint density at radius 3 is 2.50 bits per heavy atom. The Morgan fingerprint density at radius 1 is 1.00 bits per heavy atom. The van der Waals surface area contributed by atoms with Gasteiger partial charge in [0, 0.05) is 17.1 Å². The number of hydrogen-bond donors (Lipinski definition) is 1. The van der Waals surface area contributed by atoms with Gasteiger partial charge >= 0.3 is 6.09 Å². The highest BCUT2D eigenvalue weighted by molar-refractivity contribution is 6.07. The molecule has 1 amide bonds. The van der Waals surface area contributed by atoms with Crippen molar-refractivity contribution in [1.82, 2.24) is 4.57 Å². The Kier molecular flexibility index (Phi) is 3.62. The minimum atomic E-state index is -0.527. The van der Waals surface area contributed by atoms with Crippen LogP contribution in [0.4, 0.5) is 4.79 Å². The third-order valence-electron chi connectivity index (χ3n) is 3.40. The van der Waals surface area contributed by atoms with Gasteiger partial charge in [0.25, 0.3) is 0 Å². The monoisotopic (exact) mass is 294 g/mol. The van der Waals surface area contributed by atoms with E-state index >= 15 is 0 Å². The number of carbonyl (C=O) groups excluding carboxylic acids is 2. The third kappa shape index (κ3) is 2.56. The molecule has 0 atom stereocenters. The van der Waals surface area contributed by atoms with E-state index in [1.54, 1.807) is 30.5 Å². The van der Waals surface area contributed by atoms with Crippen LogP contribution >= 0.6 is 0 Å². The summed E-state index contributed by atoms with van der Waals surface area (Å²) in [6, 6.07) is 16.2. The van der Waals surface area contributed by atoms with E-state index in [2.05, 4.69) is 0 Å². The normalized spacial score (nSPS) is 10.5. The predicted molar refractivity (Wildman–Crippen MR) is 82.5 cm³/mol. The molecule has 3 rings (SSSR count). The number of ether oxygens (including phenoxy) is 1. The van der Waals surface area contributed by atoms with Crippen molar-refractivity contribution in [1.29, 1.82) is 0 Å². The number of benzene rings is 2. The van der Waals surface area contributed by atoms with Crippen molar-refractivity contribution in [2.45, 2.75) is 6.61 Å². The number of amides is 1. The molecule has 3 aromatic rings. The van der Waals surface area contributed by atoms with Gasteiger partial charge in [-0.15, -0.1) is 0 Å². The van der Waals surface area contributed by atoms with Crippen molar-refractivity contribution >= 4 is 22.9 Å². The molecular weight excluding hydrogens is 280 g/mol. The van der Waals surface area contributed by atoms with Crippen LogP contribution in [0.15, 0.2) is 60.8 Å². The summed E-state index contributed by atoms with van der Waals surface area (Å²) in [5.41, 5.74) is 7.22. The number of primary amides is 1. The highest BCUT2D eigenvalue weighted by Crippen LogP contribution is 2.20. The summed E-state index contributed by atoms with van der Waals surface area (Å²) in [5, 5.41) is 0.631. The highest BCUT2D eigenvalue weighted by Gasteiger charge is 2.14. The molecule has 0 aliphatic heterocycles. The summed E-state index contributed by atoms with van der Waals surface area (Å²) >= 11 is 0. The fourth-order valence-electron chi connectivity index (χ4n) is 2.33. The Hall–Kier alpha value is -3.08. The van der Waals surface area contributed by atoms with Gasteiger partial charge in [0.15, 0.2) is 0 Å². The Morgan fingerprint density at radius 2 is 1.77 bits per heavy atom. The summed E-state index contributed by atoms with van der Waals surface area (Å²) in [5.74, 6) is -0.527. The van der Waals surface area contributed by atoms with Gasteiger partial charge < -0.3 is 10.5 Å². The summed E-state index contributed by atoms with van der Waals surface area (Å²) in [7, 11) is 0. The van der Waals surface area contributed by atoms with Gasteiger partial charge in [0.05, 0.1) is 5.52 Å². The first-order chi connectivity index (χ1) is 10.7. The molecule has 1 heterocycles. The SMILES string of the molecule is NC(=O)c1cccc2c1ccn2C(=O)OCc1ccccc1. The zero-order valence-electron chi connectivity index (χ0n) is 11.7. The lowest BCUT2D eigenvalue weighted by molar-refractivity contribution is 0.100. The van der Waals surface area contributed by atoms with Crippen LogP contribution < -0.4 is 5.73 Å². The molecule has 2 aromatic carbocycles. The zero-order valence-corrected chi connectivity index (χ0v) is 11.7. The maximum absolute atomic E-state index is 12.2. The molecule has 0 aliphatic carbocycles. The first-order valence-electron chi connectivity index (χ1n) is 6.78. The smallest absolute Gasteiger partial charge is 0.418 e.